The summed E-state index contributed by atoms with van der Waals surface area (Å²) in [5.74, 6) is -1.71. The van der Waals surface area contributed by atoms with Crippen molar-refractivity contribution in [3.05, 3.63) is 4.91 Å². The second kappa shape index (κ2) is 3.08. The van der Waals surface area contributed by atoms with Crippen molar-refractivity contribution in [3.63, 3.8) is 0 Å². The van der Waals surface area contributed by atoms with Crippen LogP contribution in [0.25, 0.3) is 0 Å². The summed E-state index contributed by atoms with van der Waals surface area (Å²) in [6.07, 6.45) is -6.27. The fourth-order valence-electron chi connectivity index (χ4n) is 0.479. The van der Waals surface area contributed by atoms with Crippen molar-refractivity contribution in [3.8, 4) is 0 Å². The van der Waals surface area contributed by atoms with Gasteiger partial charge in [0.05, 0.1) is 6.42 Å². The van der Waals surface area contributed by atoms with Gasteiger partial charge in [-0.15, -0.1) is 4.91 Å². The Kier molecular flexibility index (Phi) is 2.78. The lowest BCUT2D eigenvalue weighted by Gasteiger charge is -2.21. The van der Waals surface area contributed by atoms with Gasteiger partial charge in [0.2, 0.25) is 5.54 Å². The minimum Gasteiger partial charge on any atom is -0.481 e. The Morgan fingerprint density at radius 1 is 1.50 bits per heavy atom. The summed E-state index contributed by atoms with van der Waals surface area (Å²) in [6, 6.07) is 0. The maximum absolute atomic E-state index is 11.9. The van der Waals surface area contributed by atoms with Crippen molar-refractivity contribution in [2.45, 2.75) is 25.1 Å². The molecular formula is C5H6F3NO3. The molecule has 70 valence electrons. The van der Waals surface area contributed by atoms with Crippen LogP contribution in [-0.4, -0.2) is 22.8 Å². The third kappa shape index (κ3) is 2.18. The second-order valence-electron chi connectivity index (χ2n) is 2.43. The molecule has 7 heteroatoms. The Balaban J connectivity index is 4.68. The minimum atomic E-state index is -4.92. The number of hydrogen-bond donors (Lipinski definition) is 1. The van der Waals surface area contributed by atoms with Crippen LogP contribution in [0, 0.1) is 4.91 Å². The van der Waals surface area contributed by atoms with E-state index in [0.29, 0.717) is 6.92 Å². The molecule has 0 fully saturated rings. The van der Waals surface area contributed by atoms with Gasteiger partial charge in [-0.25, -0.2) is 0 Å². The van der Waals surface area contributed by atoms with Gasteiger partial charge in [0.1, 0.15) is 0 Å². The molecule has 1 atom stereocenters. The van der Waals surface area contributed by atoms with Crippen LogP contribution in [0.3, 0.4) is 0 Å². The molecule has 0 aromatic carbocycles. The number of carbonyl (C=O) groups is 1. The van der Waals surface area contributed by atoms with E-state index in [-0.39, 0.29) is 0 Å². The number of aliphatic carboxylic acids is 1. The summed E-state index contributed by atoms with van der Waals surface area (Å²) < 4.78 is 35.7. The van der Waals surface area contributed by atoms with Gasteiger partial charge in [-0.3, -0.25) is 4.79 Å². The summed E-state index contributed by atoms with van der Waals surface area (Å²) >= 11 is 0. The molecular weight excluding hydrogens is 179 g/mol. The zero-order valence-electron chi connectivity index (χ0n) is 6.05. The van der Waals surface area contributed by atoms with Crippen LogP contribution in [0.15, 0.2) is 5.18 Å². The molecule has 0 saturated heterocycles. The molecule has 0 aliphatic rings. The first-order valence-corrected chi connectivity index (χ1v) is 2.86. The van der Waals surface area contributed by atoms with Gasteiger partial charge < -0.3 is 5.11 Å². The highest BCUT2D eigenvalue weighted by molar-refractivity contribution is 5.68. The third-order valence-corrected chi connectivity index (χ3v) is 1.31. The number of nitrogens with zero attached hydrogens (tertiary/aromatic N) is 1. The molecule has 0 spiro atoms. The molecule has 0 bridgehead atoms. The monoisotopic (exact) mass is 185 g/mol. The van der Waals surface area contributed by atoms with Crippen LogP contribution in [0.2, 0.25) is 0 Å². The molecule has 12 heavy (non-hydrogen) atoms. The van der Waals surface area contributed by atoms with Gasteiger partial charge in [-0.05, 0) is 6.92 Å². The smallest absolute Gasteiger partial charge is 0.417 e. The van der Waals surface area contributed by atoms with Crippen LogP contribution in [0.4, 0.5) is 13.2 Å². The predicted octanol–water partition coefficient (Wildman–Crippen LogP) is 1.55. The van der Waals surface area contributed by atoms with E-state index in [9.17, 15) is 22.9 Å². The van der Waals surface area contributed by atoms with E-state index in [1.54, 1.807) is 5.18 Å². The fraction of sp³-hybridized carbons (Fsp3) is 0.800. The summed E-state index contributed by atoms with van der Waals surface area (Å²) in [5.41, 5.74) is -3.03. The first-order chi connectivity index (χ1) is 5.23. The Bertz CT molecular complexity index is 203. The molecule has 0 saturated carbocycles. The average molecular weight is 185 g/mol. The second-order valence-corrected chi connectivity index (χ2v) is 2.43. The van der Waals surface area contributed by atoms with Crippen LogP contribution in [-0.2, 0) is 4.79 Å². The van der Waals surface area contributed by atoms with E-state index >= 15 is 0 Å². The molecule has 0 aromatic heterocycles. The molecule has 0 radical (unpaired) electrons. The van der Waals surface area contributed by atoms with Crippen molar-refractivity contribution in [2.24, 2.45) is 5.18 Å². The van der Waals surface area contributed by atoms with Crippen LogP contribution < -0.4 is 0 Å². The number of halogens is 3. The number of hydrogen-bond acceptors (Lipinski definition) is 3. The molecule has 0 aromatic rings. The zero-order valence-corrected chi connectivity index (χ0v) is 6.05. The SMILES string of the molecule is CC(CC(=O)O)(N=O)C(F)(F)F. The topological polar surface area (TPSA) is 66.7 Å². The molecule has 0 amide bonds. The van der Waals surface area contributed by atoms with Gasteiger partial charge in [0.15, 0.2) is 0 Å². The molecule has 4 nitrogen and oxygen atoms in total. The maximum atomic E-state index is 11.9. The van der Waals surface area contributed by atoms with Gasteiger partial charge in [-0.1, -0.05) is 5.18 Å². The highest BCUT2D eigenvalue weighted by Gasteiger charge is 2.54. The minimum absolute atomic E-state index is 0.439. The zero-order chi connectivity index (χ0) is 9.99. The quantitative estimate of drug-likeness (QED) is 0.678. The number of rotatable bonds is 3. The maximum Gasteiger partial charge on any atom is 0.417 e. The van der Waals surface area contributed by atoms with Crippen molar-refractivity contribution in [2.75, 3.05) is 0 Å². The lowest BCUT2D eigenvalue weighted by molar-refractivity contribution is -0.187. The Hall–Kier alpha value is -1.14. The molecule has 0 aliphatic carbocycles. The number of nitroso groups, excluding NO2 is 1. The van der Waals surface area contributed by atoms with E-state index in [1.165, 1.54) is 0 Å². The van der Waals surface area contributed by atoms with Crippen molar-refractivity contribution in [1.82, 2.24) is 0 Å². The number of alkyl halides is 3. The van der Waals surface area contributed by atoms with E-state index in [1.807, 2.05) is 0 Å². The highest BCUT2D eigenvalue weighted by atomic mass is 19.4. The van der Waals surface area contributed by atoms with E-state index in [0.717, 1.165) is 0 Å². The predicted molar refractivity (Wildman–Crippen MR) is 32.5 cm³/mol. The summed E-state index contributed by atoms with van der Waals surface area (Å²) in [4.78, 5) is 19.7. The first kappa shape index (κ1) is 10.9. The Morgan fingerprint density at radius 2 is 1.92 bits per heavy atom. The molecule has 1 unspecified atom stereocenters. The van der Waals surface area contributed by atoms with Crippen molar-refractivity contribution in [1.29, 1.82) is 0 Å². The largest absolute Gasteiger partial charge is 0.481 e. The van der Waals surface area contributed by atoms with Gasteiger partial charge in [0.25, 0.3) is 0 Å². The van der Waals surface area contributed by atoms with Gasteiger partial charge in [0, 0.05) is 0 Å². The fourth-order valence-corrected chi connectivity index (χ4v) is 0.479. The lowest BCUT2D eigenvalue weighted by atomic mass is 9.99. The summed E-state index contributed by atoms with van der Waals surface area (Å²) in [6.45, 7) is 0.439. The van der Waals surface area contributed by atoms with Gasteiger partial charge in [-0.2, -0.15) is 13.2 Å². The number of carboxylic acids is 1. The molecule has 0 rings (SSSR count). The van der Waals surface area contributed by atoms with Crippen molar-refractivity contribution >= 4 is 5.97 Å². The van der Waals surface area contributed by atoms with E-state index < -0.39 is 24.1 Å². The molecule has 0 aliphatic heterocycles. The molecule has 1 N–H and O–H groups in total. The first-order valence-electron chi connectivity index (χ1n) is 2.86. The average Bonchev–Trinajstić information content (AvgIpc) is 1.83. The van der Waals surface area contributed by atoms with E-state index in [2.05, 4.69) is 0 Å². The van der Waals surface area contributed by atoms with Crippen LogP contribution >= 0.6 is 0 Å². The van der Waals surface area contributed by atoms with Crippen LogP contribution in [0.1, 0.15) is 13.3 Å². The van der Waals surface area contributed by atoms with Crippen molar-refractivity contribution < 1.29 is 23.1 Å². The normalized spacial score (nSPS) is 16.7. The Labute approximate surface area is 65.3 Å². The number of carboxylic acid groups (broad SMARTS) is 1. The highest BCUT2D eigenvalue weighted by Crippen LogP contribution is 2.35. The third-order valence-electron chi connectivity index (χ3n) is 1.31. The summed E-state index contributed by atoms with van der Waals surface area (Å²) in [5, 5.41) is 9.82. The summed E-state index contributed by atoms with van der Waals surface area (Å²) in [7, 11) is 0. The molecule has 0 heterocycles. The Morgan fingerprint density at radius 3 is 2.00 bits per heavy atom. The lowest BCUT2D eigenvalue weighted by Crippen LogP contribution is -2.41. The standard InChI is InChI=1S/C5H6F3NO3/c1-4(9-12,2-3(10)11)5(6,7)8/h2H2,1H3,(H,10,11). The van der Waals surface area contributed by atoms with E-state index in [4.69, 9.17) is 5.11 Å². The van der Waals surface area contributed by atoms with Crippen LogP contribution in [0.5, 0.6) is 0 Å². The van der Waals surface area contributed by atoms with Gasteiger partial charge >= 0.3 is 12.1 Å².